The van der Waals surface area contributed by atoms with E-state index in [4.69, 9.17) is 23.7 Å². The second-order valence-electron chi connectivity index (χ2n) is 6.30. The van der Waals surface area contributed by atoms with Crippen molar-refractivity contribution in [3.63, 3.8) is 0 Å². The van der Waals surface area contributed by atoms with Crippen LogP contribution in [0.25, 0.3) is 0 Å². The Morgan fingerprint density at radius 3 is 1.78 bits per heavy atom. The lowest BCUT2D eigenvalue weighted by atomic mass is 9.95. The van der Waals surface area contributed by atoms with E-state index in [1.54, 1.807) is 0 Å². The Morgan fingerprint density at radius 1 is 0.778 bits per heavy atom. The minimum Gasteiger partial charge on any atom is -0.479 e. The second kappa shape index (κ2) is 8.86. The fourth-order valence-electron chi connectivity index (χ4n) is 3.08. The van der Waals surface area contributed by atoms with Gasteiger partial charge in [0, 0.05) is 14.2 Å². The summed E-state index contributed by atoms with van der Waals surface area (Å²) in [5.41, 5.74) is 0. The Hall–Kier alpha value is -1.22. The zero-order valence-corrected chi connectivity index (χ0v) is 14.9. The highest BCUT2D eigenvalue weighted by Gasteiger charge is 2.53. The van der Waals surface area contributed by atoms with Gasteiger partial charge in [-0.1, -0.05) is 0 Å². The van der Waals surface area contributed by atoms with Crippen LogP contribution in [0.4, 0.5) is 0 Å². The summed E-state index contributed by atoms with van der Waals surface area (Å²) in [5, 5.41) is 49.8. The van der Waals surface area contributed by atoms with E-state index < -0.39 is 73.2 Å². The average molecular weight is 396 g/mol. The van der Waals surface area contributed by atoms with Crippen LogP contribution in [0.5, 0.6) is 0 Å². The number of carbonyl (C=O) groups is 2. The highest BCUT2D eigenvalue weighted by molar-refractivity contribution is 5.81. The van der Waals surface area contributed by atoms with Crippen LogP contribution in [0.2, 0.25) is 0 Å². The maximum atomic E-state index is 11.9. The minimum absolute atomic E-state index is 0.580. The number of aliphatic hydroxyl groups excluding tert-OH is 4. The molecule has 0 saturated carbocycles. The first-order valence-electron chi connectivity index (χ1n) is 8.11. The third-order valence-electron chi connectivity index (χ3n) is 4.53. The standard InChI is InChI=1S/C15H24O12/c1-4(16)9-11(6(18)7(19)14(24-3)25-9)26-15-8(20)5(17)10(23-2)12(27-15)13(21)22/h5-12,14-15,17-20H,1-3H3,(H,21,22). The van der Waals surface area contributed by atoms with E-state index >= 15 is 0 Å². The van der Waals surface area contributed by atoms with Crippen molar-refractivity contribution in [2.45, 2.75) is 68.3 Å². The molecule has 2 aliphatic heterocycles. The number of ether oxygens (including phenoxy) is 5. The molecule has 2 aliphatic rings. The molecule has 10 unspecified atom stereocenters. The van der Waals surface area contributed by atoms with Gasteiger partial charge in [-0.25, -0.2) is 4.79 Å². The predicted octanol–water partition coefficient (Wildman–Crippen LogP) is -3.40. The molecule has 0 aliphatic carbocycles. The van der Waals surface area contributed by atoms with Crippen molar-refractivity contribution in [3.05, 3.63) is 0 Å². The van der Waals surface area contributed by atoms with E-state index in [2.05, 4.69) is 0 Å². The van der Waals surface area contributed by atoms with Crippen molar-refractivity contribution in [1.29, 1.82) is 0 Å². The molecular weight excluding hydrogens is 372 g/mol. The lowest BCUT2D eigenvalue weighted by molar-refractivity contribution is -0.347. The number of hydrogen-bond acceptors (Lipinski definition) is 11. The molecule has 2 fully saturated rings. The topological polar surface area (TPSA) is 181 Å². The molecule has 0 aromatic heterocycles. The van der Waals surface area contributed by atoms with Crippen LogP contribution in [0, 0.1) is 0 Å². The van der Waals surface area contributed by atoms with Crippen molar-refractivity contribution in [2.24, 2.45) is 0 Å². The number of aliphatic hydroxyl groups is 4. The second-order valence-corrected chi connectivity index (χ2v) is 6.30. The van der Waals surface area contributed by atoms with Crippen molar-refractivity contribution < 1.29 is 58.8 Å². The number of hydrogen-bond donors (Lipinski definition) is 5. The van der Waals surface area contributed by atoms with Gasteiger partial charge in [0.2, 0.25) is 0 Å². The number of aliphatic carboxylic acids is 1. The number of carboxylic acids is 1. The van der Waals surface area contributed by atoms with Crippen LogP contribution >= 0.6 is 0 Å². The molecule has 12 nitrogen and oxygen atoms in total. The molecule has 0 radical (unpaired) electrons. The molecule has 12 heteroatoms. The summed E-state index contributed by atoms with van der Waals surface area (Å²) in [7, 11) is 2.33. The molecule has 0 aromatic carbocycles. The average Bonchev–Trinajstić information content (AvgIpc) is 2.62. The molecule has 0 amide bonds. The first kappa shape index (κ1) is 22.1. The number of methoxy groups -OCH3 is 2. The quantitative estimate of drug-likeness (QED) is 0.301. The Labute approximate surface area is 154 Å². The van der Waals surface area contributed by atoms with Crippen LogP contribution in [-0.2, 0) is 33.3 Å². The maximum absolute atomic E-state index is 11.9. The molecule has 2 saturated heterocycles. The van der Waals surface area contributed by atoms with Crippen LogP contribution in [0.1, 0.15) is 6.92 Å². The largest absolute Gasteiger partial charge is 0.479 e. The molecule has 156 valence electrons. The molecule has 0 bridgehead atoms. The van der Waals surface area contributed by atoms with E-state index in [1.165, 1.54) is 7.11 Å². The molecule has 0 spiro atoms. The molecular formula is C15H24O12. The first-order chi connectivity index (χ1) is 12.6. The van der Waals surface area contributed by atoms with Gasteiger partial charge in [-0.3, -0.25) is 4.79 Å². The molecule has 2 heterocycles. The van der Waals surface area contributed by atoms with E-state index in [0.717, 1.165) is 14.0 Å². The van der Waals surface area contributed by atoms with Gasteiger partial charge in [-0.05, 0) is 6.92 Å². The van der Waals surface area contributed by atoms with E-state index in [0.29, 0.717) is 0 Å². The first-order valence-corrected chi connectivity index (χ1v) is 8.11. The summed E-state index contributed by atoms with van der Waals surface area (Å²) in [6, 6.07) is 0. The van der Waals surface area contributed by atoms with Gasteiger partial charge in [0.15, 0.2) is 24.5 Å². The predicted molar refractivity (Wildman–Crippen MR) is 82.3 cm³/mol. The number of Topliss-reactive ketones (excluding diaryl/α,β-unsaturated/α-hetero) is 1. The normalized spacial score (nSPS) is 45.4. The third-order valence-corrected chi connectivity index (χ3v) is 4.53. The van der Waals surface area contributed by atoms with Crippen LogP contribution in [-0.4, -0.2) is 113 Å². The van der Waals surface area contributed by atoms with Crippen LogP contribution < -0.4 is 0 Å². The highest BCUT2D eigenvalue weighted by atomic mass is 16.7. The van der Waals surface area contributed by atoms with E-state index in [1.807, 2.05) is 0 Å². The molecule has 2 rings (SSSR count). The summed E-state index contributed by atoms with van der Waals surface area (Å²) < 4.78 is 25.5. The molecule has 0 aromatic rings. The Kier molecular flexibility index (Phi) is 7.24. The van der Waals surface area contributed by atoms with Gasteiger partial charge in [0.1, 0.15) is 42.7 Å². The zero-order valence-electron chi connectivity index (χ0n) is 14.9. The van der Waals surface area contributed by atoms with Gasteiger partial charge in [-0.15, -0.1) is 0 Å². The van der Waals surface area contributed by atoms with E-state index in [9.17, 15) is 35.1 Å². The van der Waals surface area contributed by atoms with Gasteiger partial charge in [-0.2, -0.15) is 0 Å². The Morgan fingerprint density at radius 2 is 1.30 bits per heavy atom. The van der Waals surface area contributed by atoms with Crippen molar-refractivity contribution in [3.8, 4) is 0 Å². The summed E-state index contributed by atoms with van der Waals surface area (Å²) in [6.45, 7) is 1.15. The van der Waals surface area contributed by atoms with Crippen molar-refractivity contribution in [1.82, 2.24) is 0 Å². The van der Waals surface area contributed by atoms with Crippen molar-refractivity contribution in [2.75, 3.05) is 14.2 Å². The zero-order chi connectivity index (χ0) is 20.5. The molecule has 10 atom stereocenters. The lowest BCUT2D eigenvalue weighted by Gasteiger charge is -2.45. The van der Waals surface area contributed by atoms with Crippen molar-refractivity contribution >= 4 is 11.8 Å². The summed E-state index contributed by atoms with van der Waals surface area (Å²) >= 11 is 0. The monoisotopic (exact) mass is 396 g/mol. The summed E-state index contributed by atoms with van der Waals surface area (Å²) in [5.74, 6) is -2.06. The Balaban J connectivity index is 2.24. The van der Waals surface area contributed by atoms with Gasteiger partial charge in [0.05, 0.1) is 0 Å². The summed E-state index contributed by atoms with van der Waals surface area (Å²) in [4.78, 5) is 23.2. The van der Waals surface area contributed by atoms with Gasteiger partial charge >= 0.3 is 5.97 Å². The van der Waals surface area contributed by atoms with Gasteiger partial charge < -0.3 is 49.2 Å². The highest BCUT2D eigenvalue weighted by Crippen LogP contribution is 2.30. The third kappa shape index (κ3) is 4.29. The SMILES string of the molecule is COC1OC(C(C)=O)C(OC2OC(C(=O)O)C(OC)C(O)C2O)C(O)C1O. The lowest BCUT2D eigenvalue weighted by Crippen LogP contribution is -2.65. The van der Waals surface area contributed by atoms with Gasteiger partial charge in [0.25, 0.3) is 0 Å². The number of rotatable bonds is 6. The number of carbonyl (C=O) groups excluding carboxylic acids is 1. The van der Waals surface area contributed by atoms with E-state index in [-0.39, 0.29) is 0 Å². The number of ketones is 1. The molecule has 27 heavy (non-hydrogen) atoms. The maximum Gasteiger partial charge on any atom is 0.335 e. The fourth-order valence-corrected chi connectivity index (χ4v) is 3.08. The minimum atomic E-state index is -1.76. The van der Waals surface area contributed by atoms with Crippen LogP contribution in [0.3, 0.4) is 0 Å². The smallest absolute Gasteiger partial charge is 0.335 e. The fraction of sp³-hybridized carbons (Fsp3) is 0.867. The summed E-state index contributed by atoms with van der Waals surface area (Å²) in [6.07, 6.45) is -15.8. The molecule has 5 N–H and O–H groups in total. The van der Waals surface area contributed by atoms with Crippen LogP contribution in [0.15, 0.2) is 0 Å². The number of carboxylic acid groups (broad SMARTS) is 1. The Bertz CT molecular complexity index is 541.